The Balaban J connectivity index is 1.45. The van der Waals surface area contributed by atoms with Gasteiger partial charge in [-0.15, -0.1) is 0 Å². The van der Waals surface area contributed by atoms with E-state index in [1.807, 2.05) is 0 Å². The lowest BCUT2D eigenvalue weighted by molar-refractivity contribution is -0.126. The van der Waals surface area contributed by atoms with E-state index in [0.717, 1.165) is 4.57 Å². The monoisotopic (exact) mass is 897 g/mol. The number of phosphoric acid groups is 3. The third kappa shape index (κ3) is 17.9. The number of amides is 2. The Morgan fingerprint density at radius 3 is 2.61 bits per heavy atom. The van der Waals surface area contributed by atoms with Gasteiger partial charge in [0.05, 0.1) is 38.0 Å². The number of anilines is 1. The molecule has 3 unspecified atom stereocenters. The summed E-state index contributed by atoms with van der Waals surface area (Å²) in [5.41, 5.74) is 14.3. The first-order valence-corrected chi connectivity index (χ1v) is 21.4. The van der Waals surface area contributed by atoms with E-state index < -0.39 is 66.3 Å². The SMILES string of the molecule is CNCCNC(=O)c1cccc(OCC(N=[N+]=[N-])OCCOCC(=O)NCC#Cc2cn([C@H]3C[C@@H](OC)[C@@H](COP(=O)(O)OP(=O)(O)OP(=O)(O)O)O3)c(=O)nc2N)c1. The molecule has 326 valence electrons. The molecule has 30 heteroatoms. The zero-order valence-electron chi connectivity index (χ0n) is 31.2. The summed E-state index contributed by atoms with van der Waals surface area (Å²) in [7, 11) is -13.8. The van der Waals surface area contributed by atoms with Gasteiger partial charge in [-0.05, 0) is 30.8 Å². The molecule has 0 aliphatic carbocycles. The number of carbonyl (C=O) groups excluding carboxylic acids is 2. The van der Waals surface area contributed by atoms with Crippen LogP contribution in [-0.2, 0) is 50.6 Å². The molecule has 59 heavy (non-hydrogen) atoms. The first-order chi connectivity index (χ1) is 27.8. The predicted molar refractivity (Wildman–Crippen MR) is 200 cm³/mol. The van der Waals surface area contributed by atoms with Gasteiger partial charge in [0, 0.05) is 43.3 Å². The largest absolute Gasteiger partial charge is 0.491 e. The summed E-state index contributed by atoms with van der Waals surface area (Å²) in [6.45, 7) is -0.657. The molecule has 1 aliphatic rings. The van der Waals surface area contributed by atoms with E-state index >= 15 is 0 Å². The minimum atomic E-state index is -5.75. The van der Waals surface area contributed by atoms with Crippen LogP contribution in [0.25, 0.3) is 10.4 Å². The second kappa shape index (κ2) is 23.5. The molecule has 1 fully saturated rings. The number of methoxy groups -OCH3 is 1. The molecule has 27 nitrogen and oxygen atoms in total. The zero-order chi connectivity index (χ0) is 43.6. The number of carbonyl (C=O) groups is 2. The molecule has 3 rings (SSSR count). The van der Waals surface area contributed by atoms with Gasteiger partial charge >= 0.3 is 29.2 Å². The van der Waals surface area contributed by atoms with E-state index in [1.54, 1.807) is 25.2 Å². The van der Waals surface area contributed by atoms with Gasteiger partial charge in [-0.3, -0.25) is 18.7 Å². The number of nitrogens with zero attached hydrogens (tertiary/aromatic N) is 5. The minimum Gasteiger partial charge on any atom is -0.491 e. The Labute approximate surface area is 334 Å². The van der Waals surface area contributed by atoms with Crippen molar-refractivity contribution in [3.8, 4) is 17.6 Å². The highest BCUT2D eigenvalue weighted by molar-refractivity contribution is 7.66. The number of phosphoric ester groups is 1. The minimum absolute atomic E-state index is 0.0477. The smallest absolute Gasteiger partial charge is 0.490 e. The lowest BCUT2D eigenvalue weighted by Crippen LogP contribution is -2.30. The molecule has 1 aromatic carbocycles. The van der Waals surface area contributed by atoms with Crippen LogP contribution >= 0.6 is 23.5 Å². The van der Waals surface area contributed by atoms with Crippen molar-refractivity contribution in [2.75, 3.05) is 72.6 Å². The van der Waals surface area contributed by atoms with Crippen LogP contribution in [0.2, 0.25) is 0 Å². The first kappa shape index (κ1) is 49.1. The van der Waals surface area contributed by atoms with E-state index in [9.17, 15) is 37.9 Å². The Bertz CT molecular complexity index is 2070. The highest BCUT2D eigenvalue weighted by Crippen LogP contribution is 2.66. The van der Waals surface area contributed by atoms with Crippen LogP contribution in [0.3, 0.4) is 0 Å². The fourth-order valence-electron chi connectivity index (χ4n) is 4.74. The third-order valence-electron chi connectivity index (χ3n) is 7.29. The number of nitrogens with two attached hydrogens (primary N) is 1. The fourth-order valence-corrected chi connectivity index (χ4v) is 7.77. The fraction of sp³-hybridized carbons (Fsp3) is 0.517. The van der Waals surface area contributed by atoms with Gasteiger partial charge in [0.25, 0.3) is 5.91 Å². The number of benzene rings is 1. The van der Waals surface area contributed by atoms with E-state index in [-0.39, 0.29) is 56.7 Å². The Morgan fingerprint density at radius 1 is 1.15 bits per heavy atom. The standard InChI is InChI=1S/C29H42N9O18P3/c1-32-9-10-34-28(40)19-5-3-7-21(13-19)52-18-25(36-37-31)51-12-11-50-17-24(39)33-8-4-6-20-15-38(29(41)35-27(20)30)26-14-22(49-2)23(54-26)16-53-58(45,46)56-59(47,48)55-57(42,43)44/h3,5,7,13,15,22-23,25-26,32H,8-12,14,16-18H2,1-2H3,(H,33,39)(H,34,40)(H,45,46)(H,47,48)(H2,30,35,41)(H2,42,43,44)/t22-,23-,25?,26-/m1/s1. The number of hydrogen-bond donors (Lipinski definition) is 8. The topological polar surface area (TPSA) is 386 Å². The number of aromatic nitrogens is 2. The van der Waals surface area contributed by atoms with Gasteiger partial charge in [-0.1, -0.05) is 23.0 Å². The highest BCUT2D eigenvalue weighted by atomic mass is 31.3. The molecule has 0 spiro atoms. The Kier molecular flexibility index (Phi) is 19.5. The lowest BCUT2D eigenvalue weighted by atomic mass is 10.2. The second-order valence-electron chi connectivity index (χ2n) is 11.6. The third-order valence-corrected chi connectivity index (χ3v) is 11.1. The summed E-state index contributed by atoms with van der Waals surface area (Å²) in [5, 5.41) is 11.7. The van der Waals surface area contributed by atoms with Crippen molar-refractivity contribution in [3.05, 3.63) is 62.5 Å². The number of azide groups is 1. The molecule has 1 aliphatic heterocycles. The molecular weight excluding hydrogens is 855 g/mol. The molecule has 9 N–H and O–H groups in total. The van der Waals surface area contributed by atoms with Crippen LogP contribution in [-0.4, -0.2) is 126 Å². The quantitative estimate of drug-likeness (QED) is 0.0166. The Hall–Kier alpha value is -4.28. The van der Waals surface area contributed by atoms with Gasteiger partial charge in [0.15, 0.2) is 6.23 Å². The van der Waals surface area contributed by atoms with Crippen molar-refractivity contribution in [2.45, 2.75) is 31.1 Å². The van der Waals surface area contributed by atoms with Gasteiger partial charge in [0.1, 0.15) is 37.1 Å². The van der Waals surface area contributed by atoms with Crippen molar-refractivity contribution in [1.29, 1.82) is 0 Å². The number of rotatable bonds is 24. The number of likely N-dealkylation sites (N-methyl/N-ethyl adjacent to an activating group) is 1. The van der Waals surface area contributed by atoms with Crippen molar-refractivity contribution in [2.24, 2.45) is 5.11 Å². The molecule has 0 bridgehead atoms. The van der Waals surface area contributed by atoms with Crippen molar-refractivity contribution in [3.63, 3.8) is 0 Å². The van der Waals surface area contributed by atoms with E-state index in [4.69, 9.17) is 44.7 Å². The van der Waals surface area contributed by atoms with Crippen LogP contribution in [0.15, 0.2) is 40.4 Å². The van der Waals surface area contributed by atoms with Crippen LogP contribution in [0, 0.1) is 11.8 Å². The molecular formula is C29H42N9O18P3. The first-order valence-electron chi connectivity index (χ1n) is 16.8. The summed E-state index contributed by atoms with van der Waals surface area (Å²) >= 11 is 0. The molecule has 6 atom stereocenters. The van der Waals surface area contributed by atoms with E-state index in [1.165, 1.54) is 19.4 Å². The summed E-state index contributed by atoms with van der Waals surface area (Å²) in [4.78, 5) is 80.1. The van der Waals surface area contributed by atoms with Gasteiger partial charge in [-0.25, -0.2) is 18.5 Å². The molecule has 0 radical (unpaired) electrons. The van der Waals surface area contributed by atoms with Crippen molar-refractivity contribution in [1.82, 2.24) is 25.5 Å². The normalized spacial score (nSPS) is 18.9. The van der Waals surface area contributed by atoms with Crippen molar-refractivity contribution >= 4 is 41.1 Å². The molecule has 1 aromatic heterocycles. The Morgan fingerprint density at radius 2 is 1.92 bits per heavy atom. The molecule has 2 aromatic rings. The molecule has 2 heterocycles. The van der Waals surface area contributed by atoms with Crippen LogP contribution < -0.4 is 32.1 Å². The van der Waals surface area contributed by atoms with Crippen LogP contribution in [0.5, 0.6) is 5.75 Å². The lowest BCUT2D eigenvalue weighted by Gasteiger charge is -2.20. The summed E-state index contributed by atoms with van der Waals surface area (Å²) < 4.78 is 74.9. The summed E-state index contributed by atoms with van der Waals surface area (Å²) in [5.74, 6) is 4.57. The molecule has 2 amide bonds. The maximum atomic E-state index is 12.7. The summed E-state index contributed by atoms with van der Waals surface area (Å²) in [6, 6.07) is 6.40. The zero-order valence-corrected chi connectivity index (χ0v) is 33.9. The van der Waals surface area contributed by atoms with E-state index in [0.29, 0.717) is 24.4 Å². The van der Waals surface area contributed by atoms with Gasteiger partial charge < -0.3 is 64.9 Å². The van der Waals surface area contributed by atoms with Gasteiger partial charge in [-0.2, -0.15) is 13.6 Å². The molecule has 0 saturated carbocycles. The average Bonchev–Trinajstić information content (AvgIpc) is 3.57. The average molecular weight is 898 g/mol. The maximum Gasteiger partial charge on any atom is 0.490 e. The number of nitrogen functional groups attached to an aromatic ring is 1. The van der Waals surface area contributed by atoms with Crippen LogP contribution in [0.4, 0.5) is 5.82 Å². The van der Waals surface area contributed by atoms with Gasteiger partial charge in [0.2, 0.25) is 5.91 Å². The molecule has 1 saturated heterocycles. The maximum absolute atomic E-state index is 12.7. The number of ether oxygens (including phenoxy) is 5. The van der Waals surface area contributed by atoms with Crippen LogP contribution in [0.1, 0.15) is 28.6 Å². The predicted octanol–water partition coefficient (Wildman–Crippen LogP) is -0.363. The number of nitrogens with one attached hydrogen (secondary N) is 3. The summed E-state index contributed by atoms with van der Waals surface area (Å²) in [6.07, 6.45) is -3.07. The van der Waals surface area contributed by atoms with Crippen molar-refractivity contribution < 1.29 is 79.7 Å². The van der Waals surface area contributed by atoms with E-state index in [2.05, 4.69) is 55.9 Å². The number of hydrogen-bond acceptors (Lipinski definition) is 18. The highest BCUT2D eigenvalue weighted by Gasteiger charge is 2.43. The second-order valence-corrected chi connectivity index (χ2v) is 16.0.